The number of carbonyl (C=O) groups excluding carboxylic acids is 2. The van der Waals surface area contributed by atoms with Crippen LogP contribution in [0.25, 0.3) is 0 Å². The molecule has 0 aliphatic heterocycles. The molecule has 0 atom stereocenters. The number of halogens is 1. The summed E-state index contributed by atoms with van der Waals surface area (Å²) in [6.45, 7) is 7.30. The molecule has 7 heteroatoms. The lowest BCUT2D eigenvalue weighted by Crippen LogP contribution is -3.00. The lowest BCUT2D eigenvalue weighted by molar-refractivity contribution is -0.694. The van der Waals surface area contributed by atoms with Crippen LogP contribution in [0.15, 0.2) is 18.7 Å². The van der Waals surface area contributed by atoms with E-state index in [1.54, 1.807) is 0 Å². The maximum absolute atomic E-state index is 12.0. The molecule has 2 N–H and O–H groups in total. The highest BCUT2D eigenvalue weighted by atomic mass is 35.5. The number of hydrogen-bond acceptors (Lipinski definition) is 2. The molecule has 0 fully saturated rings. The average Bonchev–Trinajstić information content (AvgIpc) is 3.25. The lowest BCUT2D eigenvalue weighted by atomic mass is 10.1. The van der Waals surface area contributed by atoms with Gasteiger partial charge in [0.05, 0.1) is 13.1 Å². The van der Waals surface area contributed by atoms with Crippen molar-refractivity contribution in [3.63, 3.8) is 0 Å². The van der Waals surface area contributed by atoms with E-state index < -0.39 is 0 Å². The zero-order valence-electron chi connectivity index (χ0n) is 22.0. The number of aromatic nitrogens is 2. The minimum Gasteiger partial charge on any atom is -1.00 e. The number of hydrogen-bond donors (Lipinski definition) is 2. The number of unbranched alkanes of at least 4 members (excludes halogenated alkanes) is 12. The third-order valence-corrected chi connectivity index (χ3v) is 6.15. The first kappa shape index (κ1) is 32.4. The van der Waals surface area contributed by atoms with Crippen LogP contribution in [-0.4, -0.2) is 29.5 Å². The molecule has 0 spiro atoms. The molecule has 0 aromatic carbocycles. The quantitative estimate of drug-likeness (QED) is 0.190. The van der Waals surface area contributed by atoms with Crippen molar-refractivity contribution in [1.29, 1.82) is 0 Å². The predicted octanol–water partition coefficient (Wildman–Crippen LogP) is 2.29. The van der Waals surface area contributed by atoms with E-state index in [1.807, 2.05) is 18.7 Å². The van der Waals surface area contributed by atoms with Gasteiger partial charge in [0, 0.05) is 12.8 Å². The summed E-state index contributed by atoms with van der Waals surface area (Å²) in [5.74, 6) is 0.319. The molecule has 1 aromatic heterocycles. The Morgan fingerprint density at radius 3 is 1.71 bits per heavy atom. The number of imidazole rings is 1. The normalized spacial score (nSPS) is 10.6. The van der Waals surface area contributed by atoms with Gasteiger partial charge in [-0.15, -0.1) is 0 Å². The molecule has 1 aromatic rings. The highest BCUT2D eigenvalue weighted by Gasteiger charge is 2.07. The molecule has 0 aliphatic carbocycles. The predicted molar refractivity (Wildman–Crippen MR) is 136 cm³/mol. The van der Waals surface area contributed by atoms with Crippen LogP contribution < -0.4 is 27.6 Å². The van der Waals surface area contributed by atoms with Crippen molar-refractivity contribution < 1.29 is 26.6 Å². The zero-order valence-corrected chi connectivity index (χ0v) is 22.7. The Morgan fingerprint density at radius 1 is 0.706 bits per heavy atom. The molecule has 2 amide bonds. The molecule has 0 saturated carbocycles. The molecule has 198 valence electrons. The van der Waals surface area contributed by atoms with Gasteiger partial charge in [-0.25, -0.2) is 9.13 Å². The molecule has 0 aliphatic rings. The van der Waals surface area contributed by atoms with Gasteiger partial charge in [0.25, 0.3) is 0 Å². The van der Waals surface area contributed by atoms with Crippen LogP contribution in [0.4, 0.5) is 0 Å². The molecular formula is C27H51ClN4O2. The molecule has 6 nitrogen and oxygen atoms in total. The van der Waals surface area contributed by atoms with E-state index in [0.717, 1.165) is 38.8 Å². The van der Waals surface area contributed by atoms with Crippen LogP contribution in [0.1, 0.15) is 117 Å². The smallest absolute Gasteiger partial charge is 0.243 e. The summed E-state index contributed by atoms with van der Waals surface area (Å²) in [4.78, 5) is 23.9. The van der Waals surface area contributed by atoms with Crippen LogP contribution in [0, 0.1) is 0 Å². The van der Waals surface area contributed by atoms with Crippen LogP contribution in [-0.2, 0) is 22.7 Å². The van der Waals surface area contributed by atoms with Crippen LogP contribution >= 0.6 is 0 Å². The highest BCUT2D eigenvalue weighted by molar-refractivity contribution is 5.76. The van der Waals surface area contributed by atoms with Gasteiger partial charge in [0.15, 0.2) is 0 Å². The molecule has 0 unspecified atom stereocenters. The molecule has 1 heterocycles. The van der Waals surface area contributed by atoms with Crippen molar-refractivity contribution in [3.05, 3.63) is 18.7 Å². The number of carbonyl (C=O) groups is 2. The maximum Gasteiger partial charge on any atom is 0.243 e. The van der Waals surface area contributed by atoms with Gasteiger partial charge in [-0.2, -0.15) is 0 Å². The van der Waals surface area contributed by atoms with E-state index >= 15 is 0 Å². The molecule has 1 rings (SSSR count). The van der Waals surface area contributed by atoms with Crippen molar-refractivity contribution in [1.82, 2.24) is 15.2 Å². The number of rotatable bonds is 22. The van der Waals surface area contributed by atoms with E-state index in [0.29, 0.717) is 25.9 Å². The van der Waals surface area contributed by atoms with Gasteiger partial charge >= 0.3 is 0 Å². The Balaban J connectivity index is 0.0000109. The molecule has 0 radical (unpaired) electrons. The maximum atomic E-state index is 12.0. The number of nitrogens with zero attached hydrogens (tertiary/aromatic N) is 2. The fraction of sp³-hybridized carbons (Fsp3) is 0.815. The van der Waals surface area contributed by atoms with Gasteiger partial charge in [0.2, 0.25) is 18.1 Å². The Labute approximate surface area is 215 Å². The average molecular weight is 499 g/mol. The molecular weight excluding hydrogens is 448 g/mol. The number of amides is 2. The van der Waals surface area contributed by atoms with Crippen molar-refractivity contribution in [3.8, 4) is 0 Å². The molecule has 0 saturated heterocycles. The summed E-state index contributed by atoms with van der Waals surface area (Å²) in [6.07, 6.45) is 24.6. The van der Waals surface area contributed by atoms with Crippen LogP contribution in [0.2, 0.25) is 0 Å². The minimum absolute atomic E-state index is 0. The second-order valence-corrected chi connectivity index (χ2v) is 9.33. The zero-order chi connectivity index (χ0) is 24.0. The topological polar surface area (TPSA) is 67.0 Å². The van der Waals surface area contributed by atoms with Gasteiger partial charge in [0.1, 0.15) is 25.5 Å². The first-order valence-corrected chi connectivity index (χ1v) is 13.7. The summed E-state index contributed by atoms with van der Waals surface area (Å²) in [7, 11) is 0. The first-order chi connectivity index (χ1) is 16.2. The Morgan fingerprint density at radius 2 is 1.18 bits per heavy atom. The number of nitrogens with one attached hydrogen (secondary N) is 2. The van der Waals surface area contributed by atoms with E-state index in [2.05, 4.69) is 33.6 Å². The highest BCUT2D eigenvalue weighted by Crippen LogP contribution is 2.09. The van der Waals surface area contributed by atoms with E-state index in [-0.39, 0.29) is 24.2 Å². The van der Waals surface area contributed by atoms with E-state index in [1.165, 1.54) is 64.2 Å². The Kier molecular flexibility index (Phi) is 22.1. The molecule has 34 heavy (non-hydrogen) atoms. The lowest BCUT2D eigenvalue weighted by Gasteiger charge is -2.04. The van der Waals surface area contributed by atoms with Gasteiger partial charge < -0.3 is 23.0 Å². The monoisotopic (exact) mass is 498 g/mol. The summed E-state index contributed by atoms with van der Waals surface area (Å²) in [5.41, 5.74) is 0. The Bertz CT molecular complexity index is 571. The van der Waals surface area contributed by atoms with Crippen molar-refractivity contribution in [2.75, 3.05) is 13.1 Å². The second kappa shape index (κ2) is 23.2. The minimum atomic E-state index is 0. The third kappa shape index (κ3) is 18.8. The Hall–Kier alpha value is -1.56. The summed E-state index contributed by atoms with van der Waals surface area (Å²) in [6, 6.07) is 0. The fourth-order valence-corrected chi connectivity index (χ4v) is 4.01. The summed E-state index contributed by atoms with van der Waals surface area (Å²) in [5, 5.41) is 6.04. The standard InChI is InChI=1S/C27H50N4O2.ClH/c1-3-5-7-9-11-13-15-17-26(32)28-19-21-30-23-24-31(25-30)22-20-29-27(33)18-16-14-12-10-8-6-4-2;/h23-25H,3-22H2,1-2H3,(H-,28,29,32,33);1H. The third-order valence-electron chi connectivity index (χ3n) is 6.15. The van der Waals surface area contributed by atoms with Crippen LogP contribution in [0.3, 0.4) is 0 Å². The van der Waals surface area contributed by atoms with Crippen molar-refractivity contribution in [2.24, 2.45) is 0 Å². The molecule has 0 bridgehead atoms. The summed E-state index contributed by atoms with van der Waals surface area (Å²) < 4.78 is 4.16. The first-order valence-electron chi connectivity index (χ1n) is 13.7. The summed E-state index contributed by atoms with van der Waals surface area (Å²) >= 11 is 0. The van der Waals surface area contributed by atoms with Crippen molar-refractivity contribution >= 4 is 11.8 Å². The van der Waals surface area contributed by atoms with E-state index in [9.17, 15) is 9.59 Å². The van der Waals surface area contributed by atoms with Gasteiger partial charge in [-0.3, -0.25) is 9.59 Å². The largest absolute Gasteiger partial charge is 1.00 e. The van der Waals surface area contributed by atoms with Gasteiger partial charge in [-0.1, -0.05) is 90.9 Å². The van der Waals surface area contributed by atoms with Gasteiger partial charge in [-0.05, 0) is 12.8 Å². The fourth-order valence-electron chi connectivity index (χ4n) is 4.01. The second-order valence-electron chi connectivity index (χ2n) is 9.33. The SMILES string of the molecule is CCCCCCCCCC(=O)NCCn1cc[n+](CCNC(=O)CCCCCCCCC)c1.[Cl-]. The van der Waals surface area contributed by atoms with Crippen LogP contribution in [0.5, 0.6) is 0 Å². The van der Waals surface area contributed by atoms with E-state index in [4.69, 9.17) is 0 Å². The van der Waals surface area contributed by atoms with Crippen molar-refractivity contribution in [2.45, 2.75) is 130 Å².